The van der Waals surface area contributed by atoms with Gasteiger partial charge < -0.3 is 9.87 Å². The predicted molar refractivity (Wildman–Crippen MR) is 137 cm³/mol. The molecule has 11 nitrogen and oxygen atoms in total. The van der Waals surface area contributed by atoms with Crippen LogP contribution in [0.1, 0.15) is 54.5 Å². The zero-order chi connectivity index (χ0) is 28.1. The Kier molecular flexibility index (Phi) is 6.99. The first-order chi connectivity index (χ1) is 18.5. The van der Waals surface area contributed by atoms with Crippen LogP contribution in [0.25, 0.3) is 22.6 Å². The van der Waals surface area contributed by atoms with Gasteiger partial charge in [0, 0.05) is 5.92 Å². The van der Waals surface area contributed by atoms with Crippen molar-refractivity contribution in [3.8, 4) is 11.4 Å². The van der Waals surface area contributed by atoms with Crippen molar-refractivity contribution in [2.45, 2.75) is 63.2 Å². The normalized spacial score (nSPS) is 15.4. The highest BCUT2D eigenvalue weighted by Crippen LogP contribution is 2.43. The lowest BCUT2D eigenvalue weighted by Gasteiger charge is -2.22. The average Bonchev–Trinajstić information content (AvgIpc) is 3.72. The van der Waals surface area contributed by atoms with Crippen LogP contribution in [0, 0.1) is 13.8 Å². The summed E-state index contributed by atoms with van der Waals surface area (Å²) in [5.74, 6) is 0.0330. The molecule has 3 N–H and O–H groups in total. The summed E-state index contributed by atoms with van der Waals surface area (Å²) < 4.78 is 53.9. The Bertz CT molecular complexity index is 1610. The molecule has 1 saturated carbocycles. The number of hydrogen-bond donors (Lipinski definition) is 2. The fourth-order valence-electron chi connectivity index (χ4n) is 4.20. The van der Waals surface area contributed by atoms with Crippen LogP contribution in [0.15, 0.2) is 34.3 Å². The van der Waals surface area contributed by atoms with Gasteiger partial charge in [-0.3, -0.25) is 14.3 Å². The molecule has 39 heavy (non-hydrogen) atoms. The molecule has 1 fully saturated rings. The van der Waals surface area contributed by atoms with E-state index in [1.807, 2.05) is 0 Å². The van der Waals surface area contributed by atoms with Gasteiger partial charge in [-0.25, -0.2) is 24.9 Å². The molecule has 15 heteroatoms. The third-order valence-electron chi connectivity index (χ3n) is 6.49. The fraction of sp³-hybridized carbons (Fsp3) is 0.375. The minimum atomic E-state index is -4.74. The second kappa shape index (κ2) is 10.1. The van der Waals surface area contributed by atoms with Gasteiger partial charge in [0.25, 0.3) is 5.56 Å². The molecule has 5 rings (SSSR count). The van der Waals surface area contributed by atoms with Crippen LogP contribution in [0.3, 0.4) is 0 Å². The lowest BCUT2D eigenvalue weighted by Crippen LogP contribution is -2.35. The van der Waals surface area contributed by atoms with Crippen LogP contribution < -0.4 is 16.0 Å². The van der Waals surface area contributed by atoms with E-state index in [9.17, 15) is 22.5 Å². The van der Waals surface area contributed by atoms with E-state index in [0.717, 1.165) is 25.5 Å². The molecule has 1 unspecified atom stereocenters. The molecule has 0 saturated heterocycles. The quantitative estimate of drug-likeness (QED) is 0.322. The first-order valence-electron chi connectivity index (χ1n) is 12.0. The maximum absolute atomic E-state index is 14.0. The Balaban J connectivity index is 1.64. The number of nitrogens with two attached hydrogens (primary N) is 1. The van der Waals surface area contributed by atoms with Crippen molar-refractivity contribution in [2.75, 3.05) is 5.32 Å². The standard InChI is InChI=1S/C24H24F3N9O2S/c1-11-17(19(14-4-5-14)32-10-31-11)20-33-12(2)18-22(35-20)36(13(3)24(25,26)27)23(37)21(34-18)30-8-15-6-7-16(9-29-15)39(28)38/h6-7,9-10,13-14H,4-5,8,28H2,1-3H3,(H,30,34)/t13-,39?/m0/s1. The molecule has 0 spiro atoms. The molecule has 4 aromatic heterocycles. The van der Waals surface area contributed by atoms with Gasteiger partial charge in [-0.05, 0) is 45.7 Å². The van der Waals surface area contributed by atoms with Crippen molar-refractivity contribution in [2.24, 2.45) is 5.14 Å². The van der Waals surface area contributed by atoms with Crippen molar-refractivity contribution >= 4 is 28.3 Å². The van der Waals surface area contributed by atoms with E-state index in [2.05, 4.69) is 35.2 Å². The first-order valence-corrected chi connectivity index (χ1v) is 13.2. The van der Waals surface area contributed by atoms with Gasteiger partial charge in [0.15, 0.2) is 22.2 Å². The van der Waals surface area contributed by atoms with Gasteiger partial charge in [0.1, 0.15) is 17.9 Å². The van der Waals surface area contributed by atoms with Crippen molar-refractivity contribution in [3.63, 3.8) is 0 Å². The molecule has 0 radical (unpaired) electrons. The van der Waals surface area contributed by atoms with E-state index in [-0.39, 0.29) is 35.3 Å². The SMILES string of the molecule is Cc1ncnc(C2CC2)c1-c1nc(C)c2nc(NCc3ccc([S+](N)[O-])cn3)c(=O)n([C@@H](C)C(F)(F)F)c2n1. The van der Waals surface area contributed by atoms with E-state index in [1.54, 1.807) is 13.8 Å². The number of nitrogens with one attached hydrogen (secondary N) is 1. The number of nitrogens with zero attached hydrogens (tertiary/aromatic N) is 7. The zero-order valence-electron chi connectivity index (χ0n) is 21.2. The number of anilines is 1. The molecule has 0 aliphatic heterocycles. The van der Waals surface area contributed by atoms with E-state index >= 15 is 0 Å². The molecule has 4 heterocycles. The zero-order valence-corrected chi connectivity index (χ0v) is 22.0. The molecule has 1 aliphatic rings. The van der Waals surface area contributed by atoms with Crippen molar-refractivity contribution in [1.82, 2.24) is 34.5 Å². The van der Waals surface area contributed by atoms with Crippen LogP contribution in [-0.2, 0) is 17.9 Å². The Hall–Kier alpha value is -3.69. The van der Waals surface area contributed by atoms with Gasteiger partial charge in [0.2, 0.25) is 0 Å². The summed E-state index contributed by atoms with van der Waals surface area (Å²) >= 11 is -1.71. The lowest BCUT2D eigenvalue weighted by molar-refractivity contribution is -0.162. The van der Waals surface area contributed by atoms with Crippen molar-refractivity contribution < 1.29 is 17.7 Å². The third kappa shape index (κ3) is 5.29. The van der Waals surface area contributed by atoms with Crippen LogP contribution in [0.5, 0.6) is 0 Å². The minimum Gasteiger partial charge on any atom is -0.593 e. The number of alkyl halides is 3. The lowest BCUT2D eigenvalue weighted by atomic mass is 10.1. The number of fused-ring (bicyclic) bond motifs is 1. The van der Waals surface area contributed by atoms with Gasteiger partial charge in [0.05, 0.1) is 52.4 Å². The second-order valence-electron chi connectivity index (χ2n) is 9.29. The number of hydrogen-bond acceptors (Lipinski definition) is 10. The molecule has 204 valence electrons. The molecule has 4 aromatic rings. The highest BCUT2D eigenvalue weighted by molar-refractivity contribution is 7.89. The number of aryl methyl sites for hydroxylation is 2. The maximum atomic E-state index is 14.0. The fourth-order valence-corrected chi connectivity index (χ4v) is 4.56. The number of pyridine rings is 1. The molecule has 0 amide bonds. The van der Waals surface area contributed by atoms with Crippen LogP contribution in [0.2, 0.25) is 0 Å². The molecule has 0 bridgehead atoms. The first kappa shape index (κ1) is 26.9. The summed E-state index contributed by atoms with van der Waals surface area (Å²) in [6.07, 6.45) is -0.113. The Morgan fingerprint density at radius 1 is 1.15 bits per heavy atom. The van der Waals surface area contributed by atoms with Gasteiger partial charge >= 0.3 is 6.18 Å². The molecular weight excluding hydrogens is 535 g/mol. The van der Waals surface area contributed by atoms with Gasteiger partial charge in [-0.1, -0.05) is 0 Å². The number of halogens is 3. The summed E-state index contributed by atoms with van der Waals surface area (Å²) in [7, 11) is 0. The summed E-state index contributed by atoms with van der Waals surface area (Å²) in [5, 5.41) is 8.10. The van der Waals surface area contributed by atoms with Crippen LogP contribution in [-0.4, -0.2) is 45.2 Å². The summed E-state index contributed by atoms with van der Waals surface area (Å²) in [6, 6.07) is 0.835. The van der Waals surface area contributed by atoms with Crippen LogP contribution >= 0.6 is 0 Å². The Morgan fingerprint density at radius 3 is 2.51 bits per heavy atom. The topological polar surface area (TPSA) is 160 Å². The molecular formula is C24H24F3N9O2S. The number of aromatic nitrogens is 7. The maximum Gasteiger partial charge on any atom is 0.409 e. The van der Waals surface area contributed by atoms with E-state index in [0.29, 0.717) is 32.1 Å². The van der Waals surface area contributed by atoms with E-state index in [1.165, 1.54) is 24.7 Å². The minimum absolute atomic E-state index is 0.0328. The predicted octanol–water partition coefficient (Wildman–Crippen LogP) is 3.25. The van der Waals surface area contributed by atoms with E-state index < -0.39 is 29.1 Å². The largest absolute Gasteiger partial charge is 0.593 e. The van der Waals surface area contributed by atoms with Crippen molar-refractivity contribution in [1.29, 1.82) is 0 Å². The molecule has 2 atom stereocenters. The summed E-state index contributed by atoms with van der Waals surface area (Å²) in [6.45, 7) is 4.21. The highest BCUT2D eigenvalue weighted by atomic mass is 32.2. The van der Waals surface area contributed by atoms with Gasteiger partial charge in [-0.15, -0.1) is 5.14 Å². The third-order valence-corrected chi connectivity index (χ3v) is 7.20. The average molecular weight is 560 g/mol. The second-order valence-corrected chi connectivity index (χ2v) is 10.4. The van der Waals surface area contributed by atoms with Crippen molar-refractivity contribution in [3.05, 3.63) is 57.8 Å². The Labute approximate surface area is 223 Å². The van der Waals surface area contributed by atoms with Crippen LogP contribution in [0.4, 0.5) is 19.0 Å². The van der Waals surface area contributed by atoms with E-state index in [4.69, 9.17) is 5.14 Å². The highest BCUT2D eigenvalue weighted by Gasteiger charge is 2.40. The molecule has 1 aliphatic carbocycles. The Morgan fingerprint density at radius 2 is 1.90 bits per heavy atom. The van der Waals surface area contributed by atoms with Gasteiger partial charge in [-0.2, -0.15) is 13.2 Å². The molecule has 0 aromatic carbocycles. The monoisotopic (exact) mass is 559 g/mol. The summed E-state index contributed by atoms with van der Waals surface area (Å²) in [5.41, 5.74) is 1.40. The smallest absolute Gasteiger partial charge is 0.409 e. The number of rotatable bonds is 7. The summed E-state index contributed by atoms with van der Waals surface area (Å²) in [4.78, 5) is 39.8.